The molecule has 0 unspecified atom stereocenters. The molecule has 12 heteroatoms. The van der Waals surface area contributed by atoms with Gasteiger partial charge in [-0.2, -0.15) is 28.1 Å². The van der Waals surface area contributed by atoms with E-state index >= 15 is 0 Å². The van der Waals surface area contributed by atoms with E-state index in [0.717, 1.165) is 18.0 Å². The van der Waals surface area contributed by atoms with E-state index in [0.29, 0.717) is 43.8 Å². The van der Waals surface area contributed by atoms with Crippen LogP contribution >= 0.6 is 11.6 Å². The summed E-state index contributed by atoms with van der Waals surface area (Å²) in [6.07, 6.45) is -3.67. The van der Waals surface area contributed by atoms with Crippen molar-refractivity contribution in [2.75, 3.05) is 42.1 Å². The summed E-state index contributed by atoms with van der Waals surface area (Å²) in [4.78, 5) is 21.0. The highest BCUT2D eigenvalue weighted by molar-refractivity contribution is 6.33. The van der Waals surface area contributed by atoms with Crippen molar-refractivity contribution in [1.29, 1.82) is 0 Å². The van der Waals surface area contributed by atoms with Crippen LogP contribution < -0.4 is 16.0 Å². The molecule has 0 radical (unpaired) electrons. The lowest BCUT2D eigenvalue weighted by molar-refractivity contribution is -0.137. The van der Waals surface area contributed by atoms with Crippen molar-refractivity contribution < 1.29 is 13.2 Å². The first-order chi connectivity index (χ1) is 15.7. The Hall–Kier alpha value is -3.18. The minimum Gasteiger partial charge on any atom is -0.368 e. The fraction of sp³-hybridized carbons (Fsp3) is 0.333. The van der Waals surface area contributed by atoms with Gasteiger partial charge in [0.15, 0.2) is 5.82 Å². The monoisotopic (exact) mass is 478 g/mol. The number of piperazine rings is 1. The maximum absolute atomic E-state index is 12.9. The van der Waals surface area contributed by atoms with Crippen molar-refractivity contribution in [2.24, 2.45) is 0 Å². The first-order valence-corrected chi connectivity index (χ1v) is 10.6. The number of halogens is 4. The number of hydrogen-bond donors (Lipinski definition) is 2. The molecule has 1 aromatic carbocycles. The number of nitrogens with one attached hydrogen (secondary N) is 1. The van der Waals surface area contributed by atoms with Crippen molar-refractivity contribution in [2.45, 2.75) is 19.1 Å². The predicted molar refractivity (Wildman–Crippen MR) is 120 cm³/mol. The minimum absolute atomic E-state index is 0.0202. The van der Waals surface area contributed by atoms with E-state index in [1.807, 2.05) is 42.2 Å². The van der Waals surface area contributed by atoms with Crippen LogP contribution in [0.2, 0.25) is 5.02 Å². The van der Waals surface area contributed by atoms with Crippen molar-refractivity contribution in [3.8, 4) is 0 Å². The van der Waals surface area contributed by atoms with E-state index in [-0.39, 0.29) is 17.0 Å². The quantitative estimate of drug-likeness (QED) is 0.564. The zero-order chi connectivity index (χ0) is 23.6. The number of nitrogen functional groups attached to an aromatic ring is 1. The van der Waals surface area contributed by atoms with Gasteiger partial charge in [-0.15, -0.1) is 0 Å². The Morgan fingerprint density at radius 3 is 2.39 bits per heavy atom. The van der Waals surface area contributed by atoms with Gasteiger partial charge in [0.25, 0.3) is 0 Å². The van der Waals surface area contributed by atoms with Gasteiger partial charge >= 0.3 is 6.18 Å². The van der Waals surface area contributed by atoms with Gasteiger partial charge < -0.3 is 16.0 Å². The number of anilines is 4. The molecule has 1 atom stereocenters. The first kappa shape index (κ1) is 23.0. The molecule has 0 spiro atoms. The third-order valence-electron chi connectivity index (χ3n) is 5.38. The molecule has 3 aromatic rings. The Balaban J connectivity index is 1.43. The summed E-state index contributed by atoms with van der Waals surface area (Å²) in [5, 5.41) is 3.10. The van der Waals surface area contributed by atoms with Crippen molar-refractivity contribution in [3.05, 3.63) is 59.0 Å². The largest absolute Gasteiger partial charge is 0.417 e. The first-order valence-electron chi connectivity index (χ1n) is 10.3. The molecule has 0 aliphatic carbocycles. The Labute approximate surface area is 193 Å². The normalized spacial score (nSPS) is 16.0. The molecule has 1 fully saturated rings. The second-order valence-electron chi connectivity index (χ2n) is 7.59. The Kier molecular flexibility index (Phi) is 6.52. The topological polar surface area (TPSA) is 96.1 Å². The second-order valence-corrected chi connectivity index (χ2v) is 8.00. The maximum Gasteiger partial charge on any atom is 0.417 e. The third kappa shape index (κ3) is 5.42. The van der Waals surface area contributed by atoms with Gasteiger partial charge in [-0.3, -0.25) is 4.90 Å². The Bertz CT molecular complexity index is 1100. The van der Waals surface area contributed by atoms with Crippen molar-refractivity contribution in [1.82, 2.24) is 24.8 Å². The molecular formula is C21H22ClF3N8. The maximum atomic E-state index is 12.9. The standard InChI is InChI=1S/C21H22ClF3N8/c1-13(17-29-19(26)31-20(30-17)28-15-5-3-2-4-6-15)32-7-9-33(10-8-32)18-16(22)11-14(12-27-18)21(23,24)25/h2-6,11-13H,7-10H2,1H3,(H3,26,28,29,30,31)/t13-/m0/s1. The van der Waals surface area contributed by atoms with E-state index in [4.69, 9.17) is 17.3 Å². The average Bonchev–Trinajstić information content (AvgIpc) is 2.78. The summed E-state index contributed by atoms with van der Waals surface area (Å²) in [5.74, 6) is 1.34. The van der Waals surface area contributed by atoms with Gasteiger partial charge in [0.05, 0.1) is 16.6 Å². The van der Waals surface area contributed by atoms with Crippen LogP contribution in [0, 0.1) is 0 Å². The van der Waals surface area contributed by atoms with Crippen LogP contribution in [0.25, 0.3) is 0 Å². The van der Waals surface area contributed by atoms with Crippen LogP contribution in [-0.2, 0) is 6.18 Å². The van der Waals surface area contributed by atoms with Crippen LogP contribution in [0.3, 0.4) is 0 Å². The summed E-state index contributed by atoms with van der Waals surface area (Å²) < 4.78 is 38.6. The molecule has 0 bridgehead atoms. The summed E-state index contributed by atoms with van der Waals surface area (Å²) in [6, 6.07) is 10.2. The number of benzene rings is 1. The molecule has 1 aliphatic heterocycles. The van der Waals surface area contributed by atoms with E-state index in [1.165, 1.54) is 0 Å². The van der Waals surface area contributed by atoms with E-state index in [1.54, 1.807) is 0 Å². The minimum atomic E-state index is -4.48. The highest BCUT2D eigenvalue weighted by Crippen LogP contribution is 2.34. The summed E-state index contributed by atoms with van der Waals surface area (Å²) in [7, 11) is 0. The number of aromatic nitrogens is 4. The smallest absolute Gasteiger partial charge is 0.368 e. The molecule has 1 saturated heterocycles. The lowest BCUT2D eigenvalue weighted by Crippen LogP contribution is -2.47. The third-order valence-corrected chi connectivity index (χ3v) is 5.66. The van der Waals surface area contributed by atoms with Crippen LogP contribution in [0.15, 0.2) is 42.6 Å². The molecule has 4 rings (SSSR count). The molecule has 0 amide bonds. The van der Waals surface area contributed by atoms with Gasteiger partial charge in [0.1, 0.15) is 5.82 Å². The number of hydrogen-bond acceptors (Lipinski definition) is 8. The van der Waals surface area contributed by atoms with Crippen LogP contribution in [0.5, 0.6) is 0 Å². The Morgan fingerprint density at radius 1 is 1.06 bits per heavy atom. The number of pyridine rings is 1. The molecule has 3 N–H and O–H groups in total. The fourth-order valence-corrected chi connectivity index (χ4v) is 3.89. The van der Waals surface area contributed by atoms with Crippen molar-refractivity contribution in [3.63, 3.8) is 0 Å². The van der Waals surface area contributed by atoms with Gasteiger partial charge in [-0.1, -0.05) is 29.8 Å². The zero-order valence-corrected chi connectivity index (χ0v) is 18.5. The summed E-state index contributed by atoms with van der Waals surface area (Å²) in [5.41, 5.74) is 5.87. The summed E-state index contributed by atoms with van der Waals surface area (Å²) >= 11 is 6.10. The fourth-order valence-electron chi connectivity index (χ4n) is 3.61. The number of rotatable bonds is 5. The van der Waals surface area contributed by atoms with Crippen LogP contribution in [0.1, 0.15) is 24.4 Å². The van der Waals surface area contributed by atoms with E-state index < -0.39 is 11.7 Å². The molecule has 33 heavy (non-hydrogen) atoms. The average molecular weight is 479 g/mol. The second kappa shape index (κ2) is 9.36. The lowest BCUT2D eigenvalue weighted by Gasteiger charge is -2.38. The van der Waals surface area contributed by atoms with Crippen LogP contribution in [-0.4, -0.2) is 51.0 Å². The van der Waals surface area contributed by atoms with Crippen LogP contribution in [0.4, 0.5) is 36.6 Å². The molecule has 2 aromatic heterocycles. The van der Waals surface area contributed by atoms with Crippen molar-refractivity contribution >= 4 is 35.0 Å². The predicted octanol–water partition coefficient (Wildman–Crippen LogP) is 4.15. The number of para-hydroxylation sites is 1. The Morgan fingerprint density at radius 2 is 1.76 bits per heavy atom. The van der Waals surface area contributed by atoms with E-state index in [9.17, 15) is 13.2 Å². The van der Waals surface area contributed by atoms with Gasteiger partial charge in [-0.25, -0.2) is 4.98 Å². The highest BCUT2D eigenvalue weighted by atomic mass is 35.5. The highest BCUT2D eigenvalue weighted by Gasteiger charge is 2.32. The van der Waals surface area contributed by atoms with E-state index in [2.05, 4.69) is 30.2 Å². The zero-order valence-electron chi connectivity index (χ0n) is 17.7. The molecule has 3 heterocycles. The molecule has 8 nitrogen and oxygen atoms in total. The SMILES string of the molecule is C[C@@H](c1nc(N)nc(Nc2ccccc2)n1)N1CCN(c2ncc(C(F)(F)F)cc2Cl)CC1. The van der Waals surface area contributed by atoms with Gasteiger partial charge in [-0.05, 0) is 25.1 Å². The lowest BCUT2D eigenvalue weighted by atomic mass is 10.2. The summed E-state index contributed by atoms with van der Waals surface area (Å²) in [6.45, 7) is 4.29. The molecular weight excluding hydrogens is 457 g/mol. The number of nitrogens with zero attached hydrogens (tertiary/aromatic N) is 6. The molecule has 1 aliphatic rings. The number of nitrogens with two attached hydrogens (primary N) is 1. The molecule has 174 valence electrons. The van der Waals surface area contributed by atoms with Gasteiger partial charge in [0, 0.05) is 38.1 Å². The number of alkyl halides is 3. The van der Waals surface area contributed by atoms with Gasteiger partial charge in [0.2, 0.25) is 11.9 Å². The molecule has 0 saturated carbocycles.